The first-order valence-electron chi connectivity index (χ1n) is 10.3. The summed E-state index contributed by atoms with van der Waals surface area (Å²) in [5.74, 6) is -1.19. The van der Waals surface area contributed by atoms with Crippen LogP contribution in [0.25, 0.3) is 22.8 Å². The van der Waals surface area contributed by atoms with Crippen molar-refractivity contribution in [3.63, 3.8) is 0 Å². The number of carbonyl (C=O) groups is 2. The molecule has 1 amide bonds. The molecule has 1 aromatic carbocycles. The smallest absolute Gasteiger partial charge is 0.321 e. The Labute approximate surface area is 179 Å². The SMILES string of the molecule is Cc1cc(C2CCN[C@@H]2C(=O)O)c(C=C2C(=O)Nc3cccc(-c4ccncc4)c32)[nH]1. The van der Waals surface area contributed by atoms with Gasteiger partial charge in [-0.15, -0.1) is 0 Å². The van der Waals surface area contributed by atoms with Crippen LogP contribution in [0.3, 0.4) is 0 Å². The van der Waals surface area contributed by atoms with E-state index >= 15 is 0 Å². The molecule has 2 atom stereocenters. The average molecular weight is 414 g/mol. The summed E-state index contributed by atoms with van der Waals surface area (Å²) in [7, 11) is 0. The summed E-state index contributed by atoms with van der Waals surface area (Å²) < 4.78 is 0. The first-order chi connectivity index (χ1) is 15.0. The number of hydrogen-bond donors (Lipinski definition) is 4. The van der Waals surface area contributed by atoms with E-state index in [0.717, 1.165) is 45.7 Å². The minimum absolute atomic E-state index is 0.159. The Bertz CT molecular complexity index is 1210. The van der Waals surface area contributed by atoms with E-state index in [2.05, 4.69) is 20.6 Å². The Hall–Kier alpha value is -3.71. The molecule has 4 heterocycles. The van der Waals surface area contributed by atoms with Crippen molar-refractivity contribution in [1.82, 2.24) is 15.3 Å². The number of carboxylic acids is 1. The first kappa shape index (κ1) is 19.3. The number of carbonyl (C=O) groups excluding carboxylic acids is 1. The number of anilines is 1. The third-order valence-corrected chi connectivity index (χ3v) is 6.01. The summed E-state index contributed by atoms with van der Waals surface area (Å²) in [6.07, 6.45) is 6.04. The molecule has 1 unspecified atom stereocenters. The predicted molar refractivity (Wildman–Crippen MR) is 118 cm³/mol. The van der Waals surface area contributed by atoms with E-state index in [1.165, 1.54) is 0 Å². The van der Waals surface area contributed by atoms with Crippen LogP contribution in [0, 0.1) is 6.92 Å². The number of H-pyrrole nitrogens is 1. The summed E-state index contributed by atoms with van der Waals surface area (Å²) in [4.78, 5) is 32.0. The maximum absolute atomic E-state index is 12.9. The van der Waals surface area contributed by atoms with Crippen LogP contribution in [0.2, 0.25) is 0 Å². The molecular weight excluding hydrogens is 392 g/mol. The Morgan fingerprint density at radius 1 is 1.23 bits per heavy atom. The number of aromatic amines is 1. The molecule has 7 nitrogen and oxygen atoms in total. The van der Waals surface area contributed by atoms with Crippen LogP contribution in [0.1, 0.15) is 34.9 Å². The molecular formula is C24H22N4O3. The number of carboxylic acid groups (broad SMARTS) is 1. The van der Waals surface area contributed by atoms with Gasteiger partial charge in [0, 0.05) is 41.0 Å². The number of pyridine rings is 1. The van der Waals surface area contributed by atoms with E-state index in [1.807, 2.05) is 49.4 Å². The third-order valence-electron chi connectivity index (χ3n) is 6.01. The summed E-state index contributed by atoms with van der Waals surface area (Å²) in [6.45, 7) is 2.59. The van der Waals surface area contributed by atoms with E-state index < -0.39 is 12.0 Å². The maximum Gasteiger partial charge on any atom is 0.321 e. The van der Waals surface area contributed by atoms with Crippen LogP contribution >= 0.6 is 0 Å². The minimum Gasteiger partial charge on any atom is -0.480 e. The lowest BCUT2D eigenvalue weighted by Gasteiger charge is -2.15. The molecule has 0 spiro atoms. The number of nitrogens with one attached hydrogen (secondary N) is 3. The second kappa shape index (κ2) is 7.52. The van der Waals surface area contributed by atoms with Gasteiger partial charge in [0.2, 0.25) is 0 Å². The molecule has 156 valence electrons. The highest BCUT2D eigenvalue weighted by Crippen LogP contribution is 2.41. The molecule has 0 saturated carbocycles. The van der Waals surface area contributed by atoms with Gasteiger partial charge < -0.3 is 20.7 Å². The van der Waals surface area contributed by atoms with Gasteiger partial charge in [0.15, 0.2) is 0 Å². The van der Waals surface area contributed by atoms with E-state index in [0.29, 0.717) is 12.1 Å². The number of hydrogen-bond acceptors (Lipinski definition) is 4. The fourth-order valence-electron chi connectivity index (χ4n) is 4.66. The average Bonchev–Trinajstić information content (AvgIpc) is 3.46. The van der Waals surface area contributed by atoms with Crippen LogP contribution in [0.5, 0.6) is 0 Å². The molecule has 4 N–H and O–H groups in total. The highest BCUT2D eigenvalue weighted by molar-refractivity contribution is 6.36. The highest BCUT2D eigenvalue weighted by atomic mass is 16.4. The molecule has 5 rings (SSSR count). The van der Waals surface area contributed by atoms with Gasteiger partial charge in [-0.3, -0.25) is 14.6 Å². The summed E-state index contributed by atoms with van der Waals surface area (Å²) in [5.41, 5.74) is 6.72. The molecule has 2 aromatic heterocycles. The number of aromatic nitrogens is 2. The number of aliphatic carboxylic acids is 1. The van der Waals surface area contributed by atoms with Crippen LogP contribution in [-0.4, -0.2) is 39.5 Å². The van der Waals surface area contributed by atoms with Gasteiger partial charge in [-0.2, -0.15) is 0 Å². The monoisotopic (exact) mass is 414 g/mol. The number of aryl methyl sites for hydroxylation is 1. The molecule has 2 aliphatic heterocycles. The number of amides is 1. The fourth-order valence-corrected chi connectivity index (χ4v) is 4.66. The number of fused-ring (bicyclic) bond motifs is 1. The van der Waals surface area contributed by atoms with Crippen LogP contribution in [0.4, 0.5) is 5.69 Å². The van der Waals surface area contributed by atoms with Gasteiger partial charge in [-0.1, -0.05) is 12.1 Å². The van der Waals surface area contributed by atoms with Crippen molar-refractivity contribution >= 4 is 29.2 Å². The quantitative estimate of drug-likeness (QED) is 0.490. The lowest BCUT2D eigenvalue weighted by molar-refractivity contribution is -0.139. The van der Waals surface area contributed by atoms with Gasteiger partial charge in [0.1, 0.15) is 6.04 Å². The van der Waals surface area contributed by atoms with E-state index in [9.17, 15) is 14.7 Å². The van der Waals surface area contributed by atoms with Crippen molar-refractivity contribution in [3.05, 3.63) is 71.3 Å². The molecule has 0 radical (unpaired) electrons. The number of benzene rings is 1. The number of rotatable bonds is 4. The molecule has 1 fully saturated rings. The molecule has 0 bridgehead atoms. The summed E-state index contributed by atoms with van der Waals surface area (Å²) in [6, 6.07) is 11.0. The van der Waals surface area contributed by atoms with Gasteiger partial charge in [-0.25, -0.2) is 0 Å². The normalized spacial score (nSPS) is 21.3. The van der Waals surface area contributed by atoms with Crippen molar-refractivity contribution in [1.29, 1.82) is 0 Å². The lowest BCUT2D eigenvalue weighted by Crippen LogP contribution is -2.34. The van der Waals surface area contributed by atoms with Crippen LogP contribution in [-0.2, 0) is 9.59 Å². The van der Waals surface area contributed by atoms with Crippen molar-refractivity contribution in [2.45, 2.75) is 25.3 Å². The van der Waals surface area contributed by atoms with Crippen molar-refractivity contribution in [2.75, 3.05) is 11.9 Å². The zero-order chi connectivity index (χ0) is 21.5. The summed E-state index contributed by atoms with van der Waals surface area (Å²) in [5, 5.41) is 15.6. The maximum atomic E-state index is 12.9. The van der Waals surface area contributed by atoms with Crippen molar-refractivity contribution < 1.29 is 14.7 Å². The highest BCUT2D eigenvalue weighted by Gasteiger charge is 2.36. The van der Waals surface area contributed by atoms with Crippen LogP contribution < -0.4 is 10.6 Å². The Morgan fingerprint density at radius 2 is 2.03 bits per heavy atom. The Balaban J connectivity index is 1.64. The second-order valence-corrected chi connectivity index (χ2v) is 7.96. The predicted octanol–water partition coefficient (Wildman–Crippen LogP) is 3.41. The van der Waals surface area contributed by atoms with Crippen molar-refractivity contribution in [3.8, 4) is 11.1 Å². The second-order valence-electron chi connectivity index (χ2n) is 7.96. The zero-order valence-corrected chi connectivity index (χ0v) is 17.0. The molecule has 7 heteroatoms. The zero-order valence-electron chi connectivity index (χ0n) is 17.0. The molecule has 0 aliphatic carbocycles. The lowest BCUT2D eigenvalue weighted by atomic mass is 9.90. The fraction of sp³-hybridized carbons (Fsp3) is 0.208. The third kappa shape index (κ3) is 3.33. The molecule has 3 aromatic rings. The molecule has 31 heavy (non-hydrogen) atoms. The summed E-state index contributed by atoms with van der Waals surface area (Å²) >= 11 is 0. The van der Waals surface area contributed by atoms with Gasteiger partial charge in [-0.05, 0) is 66.9 Å². The first-order valence-corrected chi connectivity index (χ1v) is 10.3. The van der Waals surface area contributed by atoms with Gasteiger partial charge in [0.25, 0.3) is 5.91 Å². The Kier molecular flexibility index (Phi) is 4.67. The largest absolute Gasteiger partial charge is 0.480 e. The van der Waals surface area contributed by atoms with Gasteiger partial charge in [0.05, 0.1) is 5.57 Å². The Morgan fingerprint density at radius 3 is 2.81 bits per heavy atom. The van der Waals surface area contributed by atoms with Crippen LogP contribution in [0.15, 0.2) is 48.8 Å². The molecule has 1 saturated heterocycles. The number of nitrogens with zero attached hydrogens (tertiary/aromatic N) is 1. The van der Waals surface area contributed by atoms with E-state index in [-0.39, 0.29) is 11.8 Å². The van der Waals surface area contributed by atoms with Crippen molar-refractivity contribution in [2.24, 2.45) is 0 Å². The topological polar surface area (TPSA) is 107 Å². The molecule has 2 aliphatic rings. The van der Waals surface area contributed by atoms with E-state index in [1.54, 1.807) is 12.4 Å². The standard InChI is InChI=1S/C24H22N4O3/c1-13-11-17(16-7-10-26-22(16)24(30)31)20(27-13)12-18-21-15(14-5-8-25-9-6-14)3-2-4-19(21)28-23(18)29/h2-6,8-9,11-12,16,22,26-27H,7,10H2,1H3,(H,28,29)(H,30,31)/t16?,22-/m0/s1. The minimum atomic E-state index is -0.858. The van der Waals surface area contributed by atoms with Gasteiger partial charge >= 0.3 is 5.97 Å². The van der Waals surface area contributed by atoms with E-state index in [4.69, 9.17) is 0 Å².